The maximum absolute atomic E-state index is 13.3. The van der Waals surface area contributed by atoms with Crippen molar-refractivity contribution in [2.45, 2.75) is 17.1 Å². The second-order valence-corrected chi connectivity index (χ2v) is 9.41. The SMILES string of the molecule is COc1ccc(-c2csc(NC(=O)C(Sc3ccc(NC(C)=O)cc3)c3ccccc3)n2)cc1. The normalized spacial score (nSPS) is 11.5. The number of hydrogen-bond acceptors (Lipinski definition) is 6. The highest BCUT2D eigenvalue weighted by Crippen LogP contribution is 2.37. The molecule has 1 heterocycles. The van der Waals surface area contributed by atoms with Gasteiger partial charge in [-0.2, -0.15) is 0 Å². The van der Waals surface area contributed by atoms with Crippen molar-refractivity contribution in [2.75, 3.05) is 17.7 Å². The van der Waals surface area contributed by atoms with Crippen LogP contribution in [0.25, 0.3) is 11.3 Å². The van der Waals surface area contributed by atoms with Crippen LogP contribution in [-0.4, -0.2) is 23.9 Å². The smallest absolute Gasteiger partial charge is 0.244 e. The summed E-state index contributed by atoms with van der Waals surface area (Å²) in [6.07, 6.45) is 0. The lowest BCUT2D eigenvalue weighted by Gasteiger charge is -2.16. The first kappa shape index (κ1) is 23.5. The summed E-state index contributed by atoms with van der Waals surface area (Å²) in [7, 11) is 1.63. The van der Waals surface area contributed by atoms with Crippen molar-refractivity contribution in [1.82, 2.24) is 4.98 Å². The van der Waals surface area contributed by atoms with Gasteiger partial charge in [-0.25, -0.2) is 4.98 Å². The topological polar surface area (TPSA) is 80.3 Å². The zero-order chi connectivity index (χ0) is 23.9. The van der Waals surface area contributed by atoms with Crippen LogP contribution in [0.15, 0.2) is 89.1 Å². The number of carbonyl (C=O) groups is 2. The molecular formula is C26H23N3O3S2. The minimum Gasteiger partial charge on any atom is -0.497 e. The molecule has 4 rings (SSSR count). The monoisotopic (exact) mass is 489 g/mol. The fraction of sp³-hybridized carbons (Fsp3) is 0.115. The maximum Gasteiger partial charge on any atom is 0.244 e. The summed E-state index contributed by atoms with van der Waals surface area (Å²) < 4.78 is 5.21. The molecule has 0 fully saturated rings. The van der Waals surface area contributed by atoms with Gasteiger partial charge in [0.15, 0.2) is 5.13 Å². The van der Waals surface area contributed by atoms with Crippen molar-refractivity contribution in [3.63, 3.8) is 0 Å². The number of hydrogen-bond donors (Lipinski definition) is 2. The predicted octanol–water partition coefficient (Wildman–Crippen LogP) is 6.25. The van der Waals surface area contributed by atoms with Gasteiger partial charge in [0, 0.05) is 28.5 Å². The second-order valence-electron chi connectivity index (χ2n) is 7.37. The standard InChI is InChI=1S/C26H23N3O3S2/c1-17(30)27-20-10-14-22(15-11-20)34-24(19-6-4-3-5-7-19)25(31)29-26-28-23(16-33-26)18-8-12-21(32-2)13-9-18/h3-16,24H,1-2H3,(H,27,30)(H,28,29,31). The van der Waals surface area contributed by atoms with Crippen LogP contribution in [0.4, 0.5) is 10.8 Å². The Morgan fingerprint density at radius 1 is 0.941 bits per heavy atom. The molecule has 0 bridgehead atoms. The van der Waals surface area contributed by atoms with E-state index in [4.69, 9.17) is 4.74 Å². The molecule has 0 aliphatic heterocycles. The summed E-state index contributed by atoms with van der Waals surface area (Å²) in [6.45, 7) is 1.47. The number of thiazole rings is 1. The summed E-state index contributed by atoms with van der Waals surface area (Å²) in [5.74, 6) is 0.498. The number of thioether (sulfide) groups is 1. The Bertz CT molecular complexity index is 1260. The first-order chi connectivity index (χ1) is 16.5. The summed E-state index contributed by atoms with van der Waals surface area (Å²) in [4.78, 5) is 30.1. The number of nitrogens with one attached hydrogen (secondary N) is 2. The van der Waals surface area contributed by atoms with Crippen molar-refractivity contribution in [2.24, 2.45) is 0 Å². The number of methoxy groups -OCH3 is 1. The van der Waals surface area contributed by atoms with Crippen LogP contribution < -0.4 is 15.4 Å². The lowest BCUT2D eigenvalue weighted by Crippen LogP contribution is -2.19. The van der Waals surface area contributed by atoms with Gasteiger partial charge in [-0.15, -0.1) is 23.1 Å². The highest BCUT2D eigenvalue weighted by atomic mass is 32.2. The van der Waals surface area contributed by atoms with Gasteiger partial charge in [-0.05, 0) is 54.1 Å². The number of amides is 2. The van der Waals surface area contributed by atoms with Crippen LogP contribution in [0.1, 0.15) is 17.7 Å². The predicted molar refractivity (Wildman–Crippen MR) is 139 cm³/mol. The molecule has 0 aliphatic rings. The Morgan fingerprint density at radius 3 is 2.29 bits per heavy atom. The van der Waals surface area contributed by atoms with E-state index in [2.05, 4.69) is 15.6 Å². The first-order valence-corrected chi connectivity index (χ1v) is 12.3. The highest BCUT2D eigenvalue weighted by Gasteiger charge is 2.23. The molecule has 2 amide bonds. The Labute approximate surface area is 206 Å². The van der Waals surface area contributed by atoms with E-state index >= 15 is 0 Å². The first-order valence-electron chi connectivity index (χ1n) is 10.5. The van der Waals surface area contributed by atoms with E-state index < -0.39 is 5.25 Å². The van der Waals surface area contributed by atoms with Gasteiger partial charge in [-0.1, -0.05) is 30.3 Å². The Morgan fingerprint density at radius 2 is 1.65 bits per heavy atom. The summed E-state index contributed by atoms with van der Waals surface area (Å²) in [5, 5.41) is 7.72. The molecule has 0 aliphatic carbocycles. The van der Waals surface area contributed by atoms with Gasteiger partial charge in [0.05, 0.1) is 12.8 Å². The Balaban J connectivity index is 1.51. The molecule has 0 spiro atoms. The van der Waals surface area contributed by atoms with Gasteiger partial charge < -0.3 is 15.4 Å². The zero-order valence-electron chi connectivity index (χ0n) is 18.6. The zero-order valence-corrected chi connectivity index (χ0v) is 20.3. The van der Waals surface area contributed by atoms with Crippen molar-refractivity contribution >= 4 is 45.7 Å². The van der Waals surface area contributed by atoms with Crippen LogP contribution in [0.3, 0.4) is 0 Å². The van der Waals surface area contributed by atoms with Gasteiger partial charge in [0.1, 0.15) is 11.0 Å². The maximum atomic E-state index is 13.3. The third-order valence-corrected chi connectivity index (χ3v) is 6.91. The van der Waals surface area contributed by atoms with E-state index in [0.717, 1.165) is 27.5 Å². The quantitative estimate of drug-likeness (QED) is 0.286. The molecule has 0 saturated carbocycles. The molecule has 1 aromatic heterocycles. The highest BCUT2D eigenvalue weighted by molar-refractivity contribution is 8.00. The number of nitrogens with zero attached hydrogens (tertiary/aromatic N) is 1. The largest absolute Gasteiger partial charge is 0.497 e. The minimum absolute atomic E-state index is 0.126. The van der Waals surface area contributed by atoms with E-state index in [0.29, 0.717) is 10.8 Å². The van der Waals surface area contributed by atoms with Crippen molar-refractivity contribution in [3.05, 3.63) is 89.8 Å². The molecule has 1 unspecified atom stereocenters. The fourth-order valence-electron chi connectivity index (χ4n) is 3.25. The lowest BCUT2D eigenvalue weighted by atomic mass is 10.1. The van der Waals surface area contributed by atoms with Crippen LogP contribution in [0.5, 0.6) is 5.75 Å². The molecule has 4 aromatic rings. The molecule has 172 valence electrons. The van der Waals surface area contributed by atoms with Crippen molar-refractivity contribution in [1.29, 1.82) is 0 Å². The van der Waals surface area contributed by atoms with Crippen LogP contribution >= 0.6 is 23.1 Å². The molecule has 6 nitrogen and oxygen atoms in total. The number of aromatic nitrogens is 1. The molecule has 3 aromatic carbocycles. The van der Waals surface area contributed by atoms with Gasteiger partial charge in [0.25, 0.3) is 0 Å². The number of ether oxygens (including phenoxy) is 1. The minimum atomic E-state index is -0.471. The second kappa shape index (κ2) is 11.0. The molecule has 0 saturated heterocycles. The van der Waals surface area contributed by atoms with E-state index in [1.807, 2.05) is 84.2 Å². The van der Waals surface area contributed by atoms with Gasteiger partial charge >= 0.3 is 0 Å². The molecule has 34 heavy (non-hydrogen) atoms. The van der Waals surface area contributed by atoms with Crippen LogP contribution in [-0.2, 0) is 9.59 Å². The number of benzene rings is 3. The van der Waals surface area contributed by atoms with Gasteiger partial charge in [0.2, 0.25) is 11.8 Å². The average Bonchev–Trinajstić information content (AvgIpc) is 3.32. The van der Waals surface area contributed by atoms with E-state index in [1.54, 1.807) is 7.11 Å². The van der Waals surface area contributed by atoms with Crippen molar-refractivity contribution in [3.8, 4) is 17.0 Å². The molecule has 2 N–H and O–H groups in total. The molecule has 1 atom stereocenters. The van der Waals surface area contributed by atoms with E-state index in [9.17, 15) is 9.59 Å². The summed E-state index contributed by atoms with van der Waals surface area (Å²) in [6, 6.07) is 24.7. The average molecular weight is 490 g/mol. The number of rotatable bonds is 8. The van der Waals surface area contributed by atoms with Crippen LogP contribution in [0.2, 0.25) is 0 Å². The molecular weight excluding hydrogens is 466 g/mol. The van der Waals surface area contributed by atoms with E-state index in [1.165, 1.54) is 30.0 Å². The van der Waals surface area contributed by atoms with E-state index in [-0.39, 0.29) is 11.8 Å². The summed E-state index contributed by atoms with van der Waals surface area (Å²) >= 11 is 2.83. The lowest BCUT2D eigenvalue weighted by molar-refractivity contribution is -0.116. The fourth-order valence-corrected chi connectivity index (χ4v) is 5.00. The van der Waals surface area contributed by atoms with Crippen LogP contribution in [0, 0.1) is 0 Å². The number of carbonyl (C=O) groups excluding carboxylic acids is 2. The number of anilines is 2. The third-order valence-electron chi connectivity index (χ3n) is 4.89. The Hall–Kier alpha value is -3.62. The summed E-state index contributed by atoms with van der Waals surface area (Å²) in [5.41, 5.74) is 3.35. The van der Waals surface area contributed by atoms with Crippen molar-refractivity contribution < 1.29 is 14.3 Å². The molecule has 0 radical (unpaired) electrons. The molecule has 8 heteroatoms. The third kappa shape index (κ3) is 6.03. The Kier molecular flexibility index (Phi) is 7.61. The van der Waals surface area contributed by atoms with Gasteiger partial charge in [-0.3, -0.25) is 9.59 Å².